The molecule has 0 bridgehead atoms. The third kappa shape index (κ3) is 2.30. The Hall–Kier alpha value is -1.61. The molecule has 1 heterocycles. The normalized spacial score (nSPS) is 17.2. The molecule has 0 atom stereocenters. The fraction of sp³-hybridized carbons (Fsp3) is 0.438. The van der Waals surface area contributed by atoms with Crippen LogP contribution < -0.4 is 0 Å². The van der Waals surface area contributed by atoms with E-state index in [2.05, 4.69) is 40.7 Å². The van der Waals surface area contributed by atoms with Crippen LogP contribution in [0.4, 0.5) is 0 Å². The van der Waals surface area contributed by atoms with E-state index in [1.165, 1.54) is 11.1 Å². The van der Waals surface area contributed by atoms with Gasteiger partial charge in [0, 0.05) is 18.9 Å². The van der Waals surface area contributed by atoms with E-state index >= 15 is 0 Å². The number of hydrogen-bond acceptors (Lipinski definition) is 2. The van der Waals surface area contributed by atoms with Gasteiger partial charge in [-0.25, -0.2) is 4.98 Å². The molecule has 19 heavy (non-hydrogen) atoms. The minimum Gasteiger partial charge on any atom is -0.382 e. The minimum atomic E-state index is -0.689. The van der Waals surface area contributed by atoms with Gasteiger partial charge in [-0.1, -0.05) is 31.2 Å². The quantitative estimate of drug-likeness (QED) is 0.913. The second-order valence-corrected chi connectivity index (χ2v) is 5.44. The molecule has 0 aliphatic heterocycles. The molecule has 2 aromatic rings. The van der Waals surface area contributed by atoms with E-state index in [0.717, 1.165) is 38.1 Å². The van der Waals surface area contributed by atoms with Gasteiger partial charge in [0.25, 0.3) is 0 Å². The molecule has 0 unspecified atom stereocenters. The van der Waals surface area contributed by atoms with Gasteiger partial charge >= 0.3 is 0 Å². The van der Waals surface area contributed by atoms with Crippen LogP contribution in [-0.4, -0.2) is 14.7 Å². The first-order valence-electron chi connectivity index (χ1n) is 7.03. The lowest BCUT2D eigenvalue weighted by molar-refractivity contribution is -0.0492. The van der Waals surface area contributed by atoms with Crippen LogP contribution in [0.1, 0.15) is 43.1 Å². The molecular weight excluding hydrogens is 236 g/mol. The zero-order valence-corrected chi connectivity index (χ0v) is 11.3. The predicted octanol–water partition coefficient (Wildman–Crippen LogP) is 2.87. The molecule has 1 aliphatic rings. The fourth-order valence-corrected chi connectivity index (χ4v) is 2.72. The number of benzene rings is 1. The number of aliphatic hydroxyl groups is 1. The van der Waals surface area contributed by atoms with E-state index in [1.807, 2.05) is 6.20 Å². The Bertz CT molecular complexity index is 570. The molecule has 1 fully saturated rings. The summed E-state index contributed by atoms with van der Waals surface area (Å²) in [5, 5.41) is 10.4. The fourth-order valence-electron chi connectivity index (χ4n) is 2.72. The summed E-state index contributed by atoms with van der Waals surface area (Å²) < 4.78 is 2.08. The summed E-state index contributed by atoms with van der Waals surface area (Å²) in [5.74, 6) is 0.820. The maximum absolute atomic E-state index is 10.4. The molecular formula is C16H20N2O. The largest absolute Gasteiger partial charge is 0.382 e. The summed E-state index contributed by atoms with van der Waals surface area (Å²) in [6, 6.07) is 8.61. The lowest BCUT2D eigenvalue weighted by Gasteiger charge is -2.36. The van der Waals surface area contributed by atoms with E-state index < -0.39 is 5.60 Å². The smallest absolute Gasteiger partial charge is 0.141 e. The standard InChI is InChI=1S/C16H20N2O/c1-2-13-5-3-6-14(11-13)12-18-10-9-17-15(18)16(19)7-4-8-16/h3,5-6,9-11,19H,2,4,7-8,12H2,1H3. The highest BCUT2D eigenvalue weighted by Gasteiger charge is 2.39. The van der Waals surface area contributed by atoms with Gasteiger partial charge in [0.1, 0.15) is 11.4 Å². The molecule has 3 heteroatoms. The van der Waals surface area contributed by atoms with Crippen molar-refractivity contribution >= 4 is 0 Å². The second-order valence-electron chi connectivity index (χ2n) is 5.44. The monoisotopic (exact) mass is 256 g/mol. The van der Waals surface area contributed by atoms with E-state index in [4.69, 9.17) is 0 Å². The van der Waals surface area contributed by atoms with Crippen molar-refractivity contribution in [3.63, 3.8) is 0 Å². The molecule has 0 spiro atoms. The molecule has 100 valence electrons. The number of aromatic nitrogens is 2. The van der Waals surface area contributed by atoms with Crippen molar-refractivity contribution in [2.45, 2.75) is 44.8 Å². The summed E-state index contributed by atoms with van der Waals surface area (Å²) in [4.78, 5) is 4.36. The molecule has 3 nitrogen and oxygen atoms in total. The number of rotatable bonds is 4. The van der Waals surface area contributed by atoms with Crippen molar-refractivity contribution in [3.8, 4) is 0 Å². The SMILES string of the molecule is CCc1cccc(Cn2ccnc2C2(O)CCC2)c1. The average molecular weight is 256 g/mol. The Labute approximate surface area is 113 Å². The van der Waals surface area contributed by atoms with Gasteiger partial charge in [0.2, 0.25) is 0 Å². The summed E-state index contributed by atoms with van der Waals surface area (Å²) in [6.07, 6.45) is 7.56. The maximum Gasteiger partial charge on any atom is 0.141 e. The Morgan fingerprint density at radius 1 is 1.32 bits per heavy atom. The minimum absolute atomic E-state index is 0.689. The molecule has 1 aliphatic carbocycles. The molecule has 1 aromatic heterocycles. The Morgan fingerprint density at radius 3 is 2.79 bits per heavy atom. The highest BCUT2D eigenvalue weighted by molar-refractivity contribution is 5.24. The molecule has 0 amide bonds. The third-order valence-corrected chi connectivity index (χ3v) is 4.06. The van der Waals surface area contributed by atoms with Gasteiger partial charge in [-0.2, -0.15) is 0 Å². The Balaban J connectivity index is 1.85. The first-order valence-corrected chi connectivity index (χ1v) is 7.03. The lowest BCUT2D eigenvalue weighted by Crippen LogP contribution is -2.36. The van der Waals surface area contributed by atoms with Crippen molar-refractivity contribution in [1.82, 2.24) is 9.55 Å². The van der Waals surface area contributed by atoms with Crippen LogP contribution >= 0.6 is 0 Å². The van der Waals surface area contributed by atoms with Crippen LogP contribution in [0.3, 0.4) is 0 Å². The molecule has 3 rings (SSSR count). The van der Waals surface area contributed by atoms with Crippen molar-refractivity contribution in [2.75, 3.05) is 0 Å². The third-order valence-electron chi connectivity index (χ3n) is 4.06. The van der Waals surface area contributed by atoms with E-state index in [0.29, 0.717) is 0 Å². The van der Waals surface area contributed by atoms with Crippen molar-refractivity contribution in [3.05, 3.63) is 53.6 Å². The van der Waals surface area contributed by atoms with Gasteiger partial charge in [-0.05, 0) is 36.8 Å². The Morgan fingerprint density at radius 2 is 2.11 bits per heavy atom. The molecule has 0 radical (unpaired) electrons. The number of imidazole rings is 1. The van der Waals surface area contributed by atoms with Gasteiger partial charge < -0.3 is 9.67 Å². The van der Waals surface area contributed by atoms with E-state index in [-0.39, 0.29) is 0 Å². The summed E-state index contributed by atoms with van der Waals surface area (Å²) in [6.45, 7) is 2.95. The van der Waals surface area contributed by atoms with Crippen LogP contribution in [-0.2, 0) is 18.6 Å². The number of nitrogens with zero attached hydrogens (tertiary/aromatic N) is 2. The van der Waals surface area contributed by atoms with Gasteiger partial charge in [0.15, 0.2) is 0 Å². The lowest BCUT2D eigenvalue weighted by atomic mass is 9.79. The van der Waals surface area contributed by atoms with Gasteiger partial charge in [-0.3, -0.25) is 0 Å². The van der Waals surface area contributed by atoms with Crippen molar-refractivity contribution < 1.29 is 5.11 Å². The van der Waals surface area contributed by atoms with Crippen LogP contribution in [0, 0.1) is 0 Å². The first-order chi connectivity index (χ1) is 9.21. The molecule has 1 N–H and O–H groups in total. The van der Waals surface area contributed by atoms with E-state index in [1.54, 1.807) is 6.20 Å². The maximum atomic E-state index is 10.4. The predicted molar refractivity (Wildman–Crippen MR) is 74.9 cm³/mol. The van der Waals surface area contributed by atoms with Crippen molar-refractivity contribution in [1.29, 1.82) is 0 Å². The first kappa shape index (κ1) is 12.4. The zero-order valence-electron chi connectivity index (χ0n) is 11.3. The summed E-state index contributed by atoms with van der Waals surface area (Å²) >= 11 is 0. The average Bonchev–Trinajstić information content (AvgIpc) is 2.85. The zero-order chi connectivity index (χ0) is 13.3. The van der Waals surface area contributed by atoms with E-state index in [9.17, 15) is 5.11 Å². The van der Waals surface area contributed by atoms with Crippen LogP contribution in [0.15, 0.2) is 36.7 Å². The molecule has 1 aromatic carbocycles. The van der Waals surface area contributed by atoms with Crippen LogP contribution in [0.25, 0.3) is 0 Å². The van der Waals surface area contributed by atoms with Gasteiger partial charge in [0.05, 0.1) is 0 Å². The molecule has 0 saturated heterocycles. The highest BCUT2D eigenvalue weighted by atomic mass is 16.3. The summed E-state index contributed by atoms with van der Waals surface area (Å²) in [5.41, 5.74) is 1.93. The highest BCUT2D eigenvalue weighted by Crippen LogP contribution is 2.40. The topological polar surface area (TPSA) is 38.0 Å². The van der Waals surface area contributed by atoms with Gasteiger partial charge in [-0.15, -0.1) is 0 Å². The van der Waals surface area contributed by atoms with Crippen LogP contribution in [0.2, 0.25) is 0 Å². The van der Waals surface area contributed by atoms with Crippen LogP contribution in [0.5, 0.6) is 0 Å². The Kier molecular flexibility index (Phi) is 3.15. The number of aryl methyl sites for hydroxylation is 1. The number of hydrogen-bond donors (Lipinski definition) is 1. The summed E-state index contributed by atoms with van der Waals surface area (Å²) in [7, 11) is 0. The molecule has 1 saturated carbocycles. The van der Waals surface area contributed by atoms with Crippen molar-refractivity contribution in [2.24, 2.45) is 0 Å². The second kappa shape index (κ2) is 4.82.